The Morgan fingerprint density at radius 1 is 1.04 bits per heavy atom. The van der Waals surface area contributed by atoms with Crippen LogP contribution in [-0.2, 0) is 0 Å². The van der Waals surface area contributed by atoms with Crippen molar-refractivity contribution in [1.29, 1.82) is 0 Å². The third-order valence-electron chi connectivity index (χ3n) is 5.02. The Bertz CT molecular complexity index is 1130. The minimum atomic E-state index is -0.723. The smallest absolute Gasteiger partial charge is 0.157 e. The number of fused-ring (bicyclic) bond motifs is 3. The third-order valence-corrected chi connectivity index (χ3v) is 5.83. The highest BCUT2D eigenvalue weighted by molar-refractivity contribution is 6.45. The Morgan fingerprint density at radius 2 is 1.75 bits per heavy atom. The van der Waals surface area contributed by atoms with Gasteiger partial charge in [-0.2, -0.15) is 5.10 Å². The molecule has 5 rings (SSSR count). The second-order valence-corrected chi connectivity index (χ2v) is 7.81. The van der Waals surface area contributed by atoms with Crippen molar-refractivity contribution >= 4 is 28.9 Å². The van der Waals surface area contributed by atoms with E-state index in [0.29, 0.717) is 23.0 Å². The van der Waals surface area contributed by atoms with E-state index < -0.39 is 17.7 Å². The molecule has 3 aromatic rings. The van der Waals surface area contributed by atoms with E-state index in [1.165, 1.54) is 18.2 Å². The highest BCUT2D eigenvalue weighted by Gasteiger charge is 2.34. The Labute approximate surface area is 169 Å². The third kappa shape index (κ3) is 2.66. The summed E-state index contributed by atoms with van der Waals surface area (Å²) >= 11 is 12.8. The summed E-state index contributed by atoms with van der Waals surface area (Å²) in [5, 5.41) is 5.09. The maximum Gasteiger partial charge on any atom is 0.157 e. The number of hydrogen-bond acceptors (Lipinski definition) is 3. The van der Waals surface area contributed by atoms with E-state index in [4.69, 9.17) is 23.2 Å². The molecule has 0 saturated heterocycles. The maximum absolute atomic E-state index is 14.6. The fraction of sp³-hybridized carbons (Fsp3) is 0.250. The van der Waals surface area contributed by atoms with E-state index in [-0.39, 0.29) is 21.3 Å². The number of aliphatic imine (C=N–C) groups is 1. The zero-order valence-electron chi connectivity index (χ0n) is 14.8. The van der Waals surface area contributed by atoms with Crippen LogP contribution in [0.5, 0.6) is 0 Å². The van der Waals surface area contributed by atoms with E-state index in [0.717, 1.165) is 18.7 Å². The largest absolute Gasteiger partial charge is 0.273 e. The minimum absolute atomic E-state index is 0.103. The summed E-state index contributed by atoms with van der Waals surface area (Å²) in [4.78, 5) is 9.27. The van der Waals surface area contributed by atoms with Crippen LogP contribution in [0.15, 0.2) is 35.3 Å². The maximum atomic E-state index is 14.6. The van der Waals surface area contributed by atoms with Crippen LogP contribution >= 0.6 is 23.2 Å². The molecule has 0 unspecified atom stereocenters. The highest BCUT2D eigenvalue weighted by Crippen LogP contribution is 2.41. The van der Waals surface area contributed by atoms with Gasteiger partial charge in [-0.15, -0.1) is 0 Å². The summed E-state index contributed by atoms with van der Waals surface area (Å²) in [7, 11) is 0. The lowest BCUT2D eigenvalue weighted by Gasteiger charge is -2.14. The lowest BCUT2D eigenvalue weighted by molar-refractivity contribution is 0.578. The van der Waals surface area contributed by atoms with E-state index in [9.17, 15) is 8.78 Å². The molecule has 0 N–H and O–H groups in total. The van der Waals surface area contributed by atoms with Crippen LogP contribution in [0, 0.1) is 11.6 Å². The van der Waals surface area contributed by atoms with Gasteiger partial charge in [-0.25, -0.2) is 18.4 Å². The van der Waals surface area contributed by atoms with Crippen molar-refractivity contribution in [3.8, 4) is 5.69 Å². The average molecular weight is 419 g/mol. The molecule has 1 aromatic heterocycles. The quantitative estimate of drug-likeness (QED) is 0.540. The van der Waals surface area contributed by atoms with Crippen molar-refractivity contribution < 1.29 is 8.78 Å². The van der Waals surface area contributed by atoms with Crippen molar-refractivity contribution in [2.45, 2.75) is 31.7 Å². The second kappa shape index (κ2) is 6.36. The first-order chi connectivity index (χ1) is 13.5. The molecule has 2 heterocycles. The first-order valence-electron chi connectivity index (χ1n) is 8.93. The van der Waals surface area contributed by atoms with Gasteiger partial charge in [-0.3, -0.25) is 4.99 Å². The Kier molecular flexibility index (Phi) is 4.03. The number of rotatable bonds is 2. The summed E-state index contributed by atoms with van der Waals surface area (Å²) in [6.07, 6.45) is 2.11. The van der Waals surface area contributed by atoms with Crippen LogP contribution in [0.1, 0.15) is 54.5 Å². The summed E-state index contributed by atoms with van der Waals surface area (Å²) in [6, 6.07) is 6.58. The van der Waals surface area contributed by atoms with Crippen LogP contribution in [0.4, 0.5) is 8.78 Å². The van der Waals surface area contributed by atoms with Crippen molar-refractivity contribution in [2.75, 3.05) is 0 Å². The Hall–Kier alpha value is -2.31. The average Bonchev–Trinajstić information content (AvgIpc) is 3.42. The van der Waals surface area contributed by atoms with Crippen LogP contribution in [0.3, 0.4) is 0 Å². The molecule has 0 bridgehead atoms. The molecule has 4 nitrogen and oxygen atoms in total. The van der Waals surface area contributed by atoms with Gasteiger partial charge in [-0.1, -0.05) is 29.3 Å². The van der Waals surface area contributed by atoms with Crippen molar-refractivity contribution in [3.05, 3.63) is 74.8 Å². The molecule has 8 heteroatoms. The standard InChI is InChI=1S/C20H14Cl2F2N4/c1-9-20-26-19(10-5-6-10)27-28(20)14-8-7-11(21)17(22)16(14)18(25-9)15-12(23)3-2-4-13(15)24/h2-4,7-10H,5-6H2,1H3/t9-/m0/s1. The zero-order valence-corrected chi connectivity index (χ0v) is 16.3. The van der Waals surface area contributed by atoms with Crippen LogP contribution < -0.4 is 0 Å². The summed E-state index contributed by atoms with van der Waals surface area (Å²) in [5.41, 5.74) is 0.754. The molecule has 1 aliphatic heterocycles. The van der Waals surface area contributed by atoms with Crippen LogP contribution in [-0.4, -0.2) is 20.5 Å². The molecule has 1 saturated carbocycles. The predicted octanol–water partition coefficient (Wildman–Crippen LogP) is 5.64. The van der Waals surface area contributed by atoms with E-state index in [1.807, 2.05) is 6.92 Å². The molecule has 1 aliphatic carbocycles. The zero-order chi connectivity index (χ0) is 19.6. The molecule has 2 aromatic carbocycles. The number of halogens is 4. The molecular weight excluding hydrogens is 405 g/mol. The summed E-state index contributed by atoms with van der Waals surface area (Å²) in [6.45, 7) is 1.82. The van der Waals surface area contributed by atoms with Crippen molar-refractivity contribution in [2.24, 2.45) is 4.99 Å². The van der Waals surface area contributed by atoms with Gasteiger partial charge in [0.05, 0.1) is 27.0 Å². The van der Waals surface area contributed by atoms with Gasteiger partial charge < -0.3 is 0 Å². The second-order valence-electron chi connectivity index (χ2n) is 7.02. The lowest BCUT2D eigenvalue weighted by Crippen LogP contribution is -2.13. The first-order valence-corrected chi connectivity index (χ1v) is 9.69. The monoisotopic (exact) mass is 418 g/mol. The number of aromatic nitrogens is 3. The first kappa shape index (κ1) is 17.8. The molecule has 142 valence electrons. The number of benzene rings is 2. The van der Waals surface area contributed by atoms with Crippen molar-refractivity contribution in [3.63, 3.8) is 0 Å². The van der Waals surface area contributed by atoms with Gasteiger partial charge in [0.25, 0.3) is 0 Å². The fourth-order valence-electron chi connectivity index (χ4n) is 3.47. The fourth-order valence-corrected chi connectivity index (χ4v) is 3.88. The van der Waals surface area contributed by atoms with E-state index >= 15 is 0 Å². The van der Waals surface area contributed by atoms with Gasteiger partial charge in [-0.05, 0) is 44.0 Å². The van der Waals surface area contributed by atoms with Crippen LogP contribution in [0.2, 0.25) is 10.0 Å². The topological polar surface area (TPSA) is 43.1 Å². The van der Waals surface area contributed by atoms with Crippen LogP contribution in [0.25, 0.3) is 5.69 Å². The van der Waals surface area contributed by atoms with E-state index in [2.05, 4.69) is 15.1 Å². The van der Waals surface area contributed by atoms with Crippen molar-refractivity contribution in [1.82, 2.24) is 14.8 Å². The molecule has 1 fully saturated rings. The summed E-state index contributed by atoms with van der Waals surface area (Å²) in [5.74, 6) is 0.270. The Balaban J connectivity index is 1.84. The molecule has 28 heavy (non-hydrogen) atoms. The predicted molar refractivity (Wildman–Crippen MR) is 104 cm³/mol. The van der Waals surface area contributed by atoms with E-state index in [1.54, 1.807) is 16.8 Å². The molecule has 2 aliphatic rings. The van der Waals surface area contributed by atoms with Gasteiger partial charge in [0.2, 0.25) is 0 Å². The molecule has 0 amide bonds. The molecular formula is C20H14Cl2F2N4. The van der Waals surface area contributed by atoms with Gasteiger partial charge in [0.1, 0.15) is 17.7 Å². The number of hydrogen-bond donors (Lipinski definition) is 0. The lowest BCUT2D eigenvalue weighted by atomic mass is 9.99. The molecule has 1 atom stereocenters. The van der Waals surface area contributed by atoms with Gasteiger partial charge in [0.15, 0.2) is 11.6 Å². The molecule has 0 spiro atoms. The summed E-state index contributed by atoms with van der Waals surface area (Å²) < 4.78 is 30.9. The Morgan fingerprint density at radius 3 is 2.43 bits per heavy atom. The SMILES string of the molecule is C[C@@H]1N=C(c2c(F)cccc2F)c2c(ccc(Cl)c2Cl)-n2nc(C3CC3)nc21. The van der Waals surface area contributed by atoms with Gasteiger partial charge >= 0.3 is 0 Å². The van der Waals surface area contributed by atoms with Gasteiger partial charge in [0, 0.05) is 11.5 Å². The molecule has 0 radical (unpaired) electrons. The highest BCUT2D eigenvalue weighted by atomic mass is 35.5. The normalized spacial score (nSPS) is 18.3. The number of nitrogens with zero attached hydrogens (tertiary/aromatic N) is 4. The minimum Gasteiger partial charge on any atom is -0.273 e.